The fourth-order valence-corrected chi connectivity index (χ4v) is 0.467. The molecule has 0 heterocycles. The standard InChI is InChI=1S/C6H14N2O.2H2/c1-3-4-5-8-6(9)7-2;;/h3-5H2,1-2H3,(H2,7,8,9);2*1H. The molecule has 0 saturated heterocycles. The van der Waals surface area contributed by atoms with Crippen LogP contribution in [0, 0.1) is 0 Å². The van der Waals surface area contributed by atoms with Crippen molar-refractivity contribution < 1.29 is 7.65 Å². The Labute approximate surface area is 58.8 Å². The quantitative estimate of drug-likeness (QED) is 0.560. The summed E-state index contributed by atoms with van der Waals surface area (Å²) in [6.07, 6.45) is 2.16. The maximum Gasteiger partial charge on any atom is 0.314 e. The minimum atomic E-state index is -0.0940. The zero-order chi connectivity index (χ0) is 7.11. The van der Waals surface area contributed by atoms with Crippen LogP contribution in [0.1, 0.15) is 22.6 Å². The summed E-state index contributed by atoms with van der Waals surface area (Å²) >= 11 is 0. The Morgan fingerprint density at radius 2 is 2.33 bits per heavy atom. The lowest BCUT2D eigenvalue weighted by atomic mass is 10.3. The molecule has 9 heavy (non-hydrogen) atoms. The fraction of sp³-hybridized carbons (Fsp3) is 0.833. The van der Waals surface area contributed by atoms with Crippen LogP contribution in [0.25, 0.3) is 0 Å². The van der Waals surface area contributed by atoms with Gasteiger partial charge in [0.15, 0.2) is 0 Å². The average molecular weight is 134 g/mol. The molecule has 0 saturated carbocycles. The van der Waals surface area contributed by atoms with Gasteiger partial charge in [-0.15, -0.1) is 0 Å². The molecule has 0 atom stereocenters. The van der Waals surface area contributed by atoms with Gasteiger partial charge in [0.25, 0.3) is 0 Å². The summed E-state index contributed by atoms with van der Waals surface area (Å²) in [6.45, 7) is 2.86. The van der Waals surface area contributed by atoms with E-state index in [2.05, 4.69) is 17.6 Å². The van der Waals surface area contributed by atoms with Crippen molar-refractivity contribution in [3.8, 4) is 0 Å². The molecule has 0 fully saturated rings. The highest BCUT2D eigenvalue weighted by atomic mass is 16.2. The molecule has 2 N–H and O–H groups in total. The van der Waals surface area contributed by atoms with Crippen molar-refractivity contribution in [2.75, 3.05) is 13.6 Å². The molecule has 0 aliphatic rings. The summed E-state index contributed by atoms with van der Waals surface area (Å²) in [6, 6.07) is -0.0940. The number of urea groups is 1. The molecule has 3 nitrogen and oxygen atoms in total. The van der Waals surface area contributed by atoms with Crippen LogP contribution in [0.4, 0.5) is 4.79 Å². The second kappa shape index (κ2) is 5.41. The Morgan fingerprint density at radius 1 is 1.67 bits per heavy atom. The minimum Gasteiger partial charge on any atom is -0.341 e. The lowest BCUT2D eigenvalue weighted by Crippen LogP contribution is -2.33. The third-order valence-corrected chi connectivity index (χ3v) is 1.04. The Hall–Kier alpha value is -0.730. The lowest BCUT2D eigenvalue weighted by molar-refractivity contribution is 0.243. The molecule has 3 heteroatoms. The second-order valence-corrected chi connectivity index (χ2v) is 1.86. The molecule has 0 aliphatic heterocycles. The van der Waals surface area contributed by atoms with Crippen LogP contribution in [0.5, 0.6) is 0 Å². The summed E-state index contributed by atoms with van der Waals surface area (Å²) < 4.78 is 0. The number of unbranched alkanes of at least 4 members (excludes halogenated alkanes) is 1. The summed E-state index contributed by atoms with van der Waals surface area (Å²) in [7, 11) is 1.61. The van der Waals surface area contributed by atoms with E-state index in [0.717, 1.165) is 19.4 Å². The predicted molar refractivity (Wildman–Crippen MR) is 41.6 cm³/mol. The first-order chi connectivity index (χ1) is 4.31. The molecule has 0 spiro atoms. The predicted octanol–water partition coefficient (Wildman–Crippen LogP) is 1.21. The number of carbonyl (C=O) groups excluding carboxylic acids is 1. The van der Waals surface area contributed by atoms with E-state index in [1.807, 2.05) is 0 Å². The van der Waals surface area contributed by atoms with Gasteiger partial charge in [0.1, 0.15) is 0 Å². The fourth-order valence-electron chi connectivity index (χ4n) is 0.467. The number of hydrogen-bond acceptors (Lipinski definition) is 1. The maximum atomic E-state index is 10.5. The summed E-state index contributed by atoms with van der Waals surface area (Å²) in [5.41, 5.74) is 0. The summed E-state index contributed by atoms with van der Waals surface area (Å²) in [5.74, 6) is 0. The number of hydrogen-bond donors (Lipinski definition) is 2. The molecule has 0 bridgehead atoms. The smallest absolute Gasteiger partial charge is 0.314 e. The van der Waals surface area contributed by atoms with Gasteiger partial charge in [-0.1, -0.05) is 13.3 Å². The highest BCUT2D eigenvalue weighted by Gasteiger charge is 1.90. The van der Waals surface area contributed by atoms with Gasteiger partial charge >= 0.3 is 6.03 Å². The van der Waals surface area contributed by atoms with E-state index in [-0.39, 0.29) is 8.88 Å². The van der Waals surface area contributed by atoms with Crippen LogP contribution in [-0.2, 0) is 0 Å². The molecule has 0 aromatic heterocycles. The summed E-state index contributed by atoms with van der Waals surface area (Å²) in [5, 5.41) is 5.16. The zero-order valence-corrected chi connectivity index (χ0v) is 6.03. The molecule has 58 valence electrons. The van der Waals surface area contributed by atoms with E-state index in [4.69, 9.17) is 0 Å². The number of nitrogens with one attached hydrogen (secondary N) is 2. The molecule has 0 radical (unpaired) electrons. The molecular formula is C6H18N2O. The largest absolute Gasteiger partial charge is 0.341 e. The van der Waals surface area contributed by atoms with Crippen molar-refractivity contribution in [2.24, 2.45) is 0 Å². The third kappa shape index (κ3) is 5.14. The Morgan fingerprint density at radius 3 is 2.78 bits per heavy atom. The molecule has 0 unspecified atom stereocenters. The first-order valence-electron chi connectivity index (χ1n) is 3.26. The van der Waals surface area contributed by atoms with Gasteiger partial charge in [-0.25, -0.2) is 4.79 Å². The van der Waals surface area contributed by atoms with Crippen molar-refractivity contribution in [3.05, 3.63) is 0 Å². The second-order valence-electron chi connectivity index (χ2n) is 1.86. The van der Waals surface area contributed by atoms with Crippen molar-refractivity contribution in [2.45, 2.75) is 19.8 Å². The monoisotopic (exact) mass is 134 g/mol. The van der Waals surface area contributed by atoms with Crippen LogP contribution in [0.15, 0.2) is 0 Å². The van der Waals surface area contributed by atoms with Gasteiger partial charge in [-0.05, 0) is 6.42 Å². The van der Waals surface area contributed by atoms with Crippen molar-refractivity contribution in [3.63, 3.8) is 0 Å². The van der Waals surface area contributed by atoms with Gasteiger partial charge in [0, 0.05) is 16.4 Å². The van der Waals surface area contributed by atoms with Gasteiger partial charge in [-0.3, -0.25) is 0 Å². The molecule has 0 aliphatic carbocycles. The molecule has 2 amide bonds. The Balaban J connectivity index is -0.000000320. The molecule has 0 aromatic rings. The highest BCUT2D eigenvalue weighted by Crippen LogP contribution is 1.81. The average Bonchev–Trinajstić information content (AvgIpc) is 1.89. The van der Waals surface area contributed by atoms with Crippen molar-refractivity contribution in [1.29, 1.82) is 0 Å². The summed E-state index contributed by atoms with van der Waals surface area (Å²) in [4.78, 5) is 10.5. The van der Waals surface area contributed by atoms with E-state index >= 15 is 0 Å². The van der Waals surface area contributed by atoms with Crippen LogP contribution >= 0.6 is 0 Å². The van der Waals surface area contributed by atoms with Gasteiger partial charge in [-0.2, -0.15) is 0 Å². The molecular weight excluding hydrogens is 116 g/mol. The molecule has 0 aromatic carbocycles. The number of rotatable bonds is 3. The maximum absolute atomic E-state index is 10.5. The van der Waals surface area contributed by atoms with Crippen molar-refractivity contribution >= 4 is 6.03 Å². The van der Waals surface area contributed by atoms with Crippen LogP contribution in [0.3, 0.4) is 0 Å². The van der Waals surface area contributed by atoms with Crippen LogP contribution in [0.2, 0.25) is 0 Å². The van der Waals surface area contributed by atoms with Gasteiger partial charge in [0.05, 0.1) is 0 Å². The van der Waals surface area contributed by atoms with Crippen LogP contribution in [-0.4, -0.2) is 19.6 Å². The first-order valence-corrected chi connectivity index (χ1v) is 3.26. The Kier molecular flexibility index (Phi) is 4.97. The van der Waals surface area contributed by atoms with E-state index in [0.29, 0.717) is 0 Å². The highest BCUT2D eigenvalue weighted by molar-refractivity contribution is 5.73. The third-order valence-electron chi connectivity index (χ3n) is 1.04. The number of amides is 2. The van der Waals surface area contributed by atoms with Crippen molar-refractivity contribution in [1.82, 2.24) is 10.6 Å². The Bertz CT molecular complexity index is 90.7. The van der Waals surface area contributed by atoms with Crippen LogP contribution < -0.4 is 10.6 Å². The normalized spacial score (nSPS) is 8.67. The van der Waals surface area contributed by atoms with E-state index in [9.17, 15) is 4.79 Å². The van der Waals surface area contributed by atoms with E-state index in [1.165, 1.54) is 0 Å². The topological polar surface area (TPSA) is 41.1 Å². The van der Waals surface area contributed by atoms with E-state index in [1.54, 1.807) is 7.05 Å². The van der Waals surface area contributed by atoms with E-state index < -0.39 is 0 Å². The minimum absolute atomic E-state index is 0. The van der Waals surface area contributed by atoms with Gasteiger partial charge in [0.2, 0.25) is 0 Å². The lowest BCUT2D eigenvalue weighted by Gasteiger charge is -2.00. The first kappa shape index (κ1) is 8.27. The van der Waals surface area contributed by atoms with Gasteiger partial charge < -0.3 is 10.6 Å². The SMILES string of the molecule is CCCCNC(=O)NC.[HH].[HH]. The molecule has 0 rings (SSSR count). The number of carbonyl (C=O) groups is 1. The zero-order valence-electron chi connectivity index (χ0n) is 6.03.